The summed E-state index contributed by atoms with van der Waals surface area (Å²) < 4.78 is 38.8. The van der Waals surface area contributed by atoms with Crippen molar-refractivity contribution in [3.8, 4) is 0 Å². The first-order valence-corrected chi connectivity index (χ1v) is 10.1. The Hall–Kier alpha value is -0.990. The molecule has 2 fully saturated rings. The van der Waals surface area contributed by atoms with Crippen LogP contribution < -0.4 is 0 Å². The van der Waals surface area contributed by atoms with Crippen molar-refractivity contribution in [2.24, 2.45) is 17.8 Å². The van der Waals surface area contributed by atoms with Crippen molar-refractivity contribution in [1.82, 2.24) is 0 Å². The summed E-state index contributed by atoms with van der Waals surface area (Å²) in [4.78, 5) is 0. The molecule has 1 aromatic carbocycles. The van der Waals surface area contributed by atoms with Crippen molar-refractivity contribution in [1.29, 1.82) is 0 Å². The third-order valence-electron chi connectivity index (χ3n) is 6.71. The lowest BCUT2D eigenvalue weighted by atomic mass is 9.68. The van der Waals surface area contributed by atoms with E-state index in [9.17, 15) is 13.2 Å². The summed E-state index contributed by atoms with van der Waals surface area (Å²) in [5.41, 5.74) is 0.390. The van der Waals surface area contributed by atoms with Crippen LogP contribution in [0.2, 0.25) is 0 Å². The zero-order chi connectivity index (χ0) is 17.9. The second-order valence-corrected chi connectivity index (χ2v) is 8.30. The highest BCUT2D eigenvalue weighted by Gasteiger charge is 2.33. The standard InChI is InChI=1S/C22H31F3/c1-2-4-16-7-9-17(10-8-16)18-11-13-19(14-12-18)20-5-3-6-21(15-20)22(23,24)25/h3,5-6,15-19H,2,4,7-14H2,1H3. The van der Waals surface area contributed by atoms with Crippen LogP contribution >= 0.6 is 0 Å². The van der Waals surface area contributed by atoms with Crippen molar-refractivity contribution in [3.63, 3.8) is 0 Å². The smallest absolute Gasteiger partial charge is 0.166 e. The lowest BCUT2D eigenvalue weighted by molar-refractivity contribution is -0.137. The molecule has 0 spiro atoms. The summed E-state index contributed by atoms with van der Waals surface area (Å²) in [6.45, 7) is 2.28. The number of halogens is 3. The van der Waals surface area contributed by atoms with E-state index in [0.29, 0.717) is 5.92 Å². The molecule has 0 atom stereocenters. The molecule has 2 saturated carbocycles. The third kappa shape index (κ3) is 4.80. The topological polar surface area (TPSA) is 0 Å². The van der Waals surface area contributed by atoms with E-state index in [1.807, 2.05) is 6.07 Å². The molecule has 0 saturated heterocycles. The van der Waals surface area contributed by atoms with Gasteiger partial charge in [0.2, 0.25) is 0 Å². The first-order valence-electron chi connectivity index (χ1n) is 10.1. The molecule has 0 nitrogen and oxygen atoms in total. The monoisotopic (exact) mass is 352 g/mol. The number of hydrogen-bond donors (Lipinski definition) is 0. The van der Waals surface area contributed by atoms with Crippen molar-refractivity contribution in [2.45, 2.75) is 83.2 Å². The van der Waals surface area contributed by atoms with E-state index < -0.39 is 11.7 Å². The summed E-state index contributed by atoms with van der Waals surface area (Å²) in [5, 5.41) is 0. The number of hydrogen-bond acceptors (Lipinski definition) is 0. The predicted molar refractivity (Wildman–Crippen MR) is 96.5 cm³/mol. The lowest BCUT2D eigenvalue weighted by Gasteiger charge is -2.38. The van der Waals surface area contributed by atoms with Gasteiger partial charge in [-0.25, -0.2) is 0 Å². The summed E-state index contributed by atoms with van der Waals surface area (Å²) in [6.07, 6.45) is 8.51. The van der Waals surface area contributed by atoms with E-state index >= 15 is 0 Å². The average molecular weight is 352 g/mol. The molecule has 0 bridgehead atoms. The lowest BCUT2D eigenvalue weighted by Crippen LogP contribution is -2.25. The minimum atomic E-state index is -4.23. The Bertz CT molecular complexity index is 532. The maximum absolute atomic E-state index is 12.9. The van der Waals surface area contributed by atoms with Gasteiger partial charge in [-0.05, 0) is 73.8 Å². The Morgan fingerprint density at radius 3 is 2.04 bits per heavy atom. The van der Waals surface area contributed by atoms with E-state index in [4.69, 9.17) is 0 Å². The molecule has 0 unspecified atom stereocenters. The van der Waals surface area contributed by atoms with Crippen LogP contribution in [0.5, 0.6) is 0 Å². The number of alkyl halides is 3. The van der Waals surface area contributed by atoms with Crippen LogP contribution in [0.1, 0.15) is 88.2 Å². The van der Waals surface area contributed by atoms with Gasteiger partial charge in [0.25, 0.3) is 0 Å². The molecule has 25 heavy (non-hydrogen) atoms. The quantitative estimate of drug-likeness (QED) is 0.524. The molecule has 0 aliphatic heterocycles. The Labute approximate surface area is 150 Å². The van der Waals surface area contributed by atoms with Gasteiger partial charge in [0.1, 0.15) is 0 Å². The van der Waals surface area contributed by atoms with Crippen LogP contribution in [0.25, 0.3) is 0 Å². The van der Waals surface area contributed by atoms with E-state index in [0.717, 1.165) is 36.2 Å². The normalized spacial score (nSPS) is 31.0. The van der Waals surface area contributed by atoms with Gasteiger partial charge in [0.15, 0.2) is 0 Å². The van der Waals surface area contributed by atoms with Crippen molar-refractivity contribution < 1.29 is 13.2 Å². The number of benzene rings is 1. The molecule has 140 valence electrons. The highest BCUT2D eigenvalue weighted by Crippen LogP contribution is 2.45. The zero-order valence-electron chi connectivity index (χ0n) is 15.3. The minimum absolute atomic E-state index is 0.315. The predicted octanol–water partition coefficient (Wildman–Crippen LogP) is 7.59. The van der Waals surface area contributed by atoms with E-state index in [1.165, 1.54) is 63.5 Å². The first kappa shape index (κ1) is 18.8. The fourth-order valence-corrected chi connectivity index (χ4v) is 5.25. The third-order valence-corrected chi connectivity index (χ3v) is 6.71. The van der Waals surface area contributed by atoms with Crippen LogP contribution in [0.3, 0.4) is 0 Å². The first-order chi connectivity index (χ1) is 12.0. The molecule has 0 heterocycles. The van der Waals surface area contributed by atoms with E-state index in [-0.39, 0.29) is 0 Å². The second-order valence-electron chi connectivity index (χ2n) is 8.30. The minimum Gasteiger partial charge on any atom is -0.166 e. The van der Waals surface area contributed by atoms with Gasteiger partial charge in [-0.2, -0.15) is 13.2 Å². The fourth-order valence-electron chi connectivity index (χ4n) is 5.25. The van der Waals surface area contributed by atoms with Gasteiger partial charge >= 0.3 is 6.18 Å². The van der Waals surface area contributed by atoms with Gasteiger partial charge in [-0.3, -0.25) is 0 Å². The zero-order valence-corrected chi connectivity index (χ0v) is 15.3. The molecule has 3 heteroatoms. The van der Waals surface area contributed by atoms with Crippen LogP contribution in [0, 0.1) is 17.8 Å². The Balaban J connectivity index is 1.52. The van der Waals surface area contributed by atoms with Crippen molar-refractivity contribution in [2.75, 3.05) is 0 Å². The molecule has 2 aliphatic carbocycles. The van der Waals surface area contributed by atoms with Gasteiger partial charge in [-0.1, -0.05) is 50.8 Å². The molecular formula is C22H31F3. The van der Waals surface area contributed by atoms with Crippen molar-refractivity contribution in [3.05, 3.63) is 35.4 Å². The van der Waals surface area contributed by atoms with Crippen LogP contribution in [0.4, 0.5) is 13.2 Å². The Kier molecular flexibility index (Phi) is 6.12. The molecule has 3 rings (SSSR count). The molecule has 0 amide bonds. The van der Waals surface area contributed by atoms with Crippen LogP contribution in [-0.4, -0.2) is 0 Å². The maximum Gasteiger partial charge on any atom is 0.416 e. The van der Waals surface area contributed by atoms with E-state index in [2.05, 4.69) is 6.92 Å². The van der Waals surface area contributed by atoms with Gasteiger partial charge in [0.05, 0.1) is 5.56 Å². The molecule has 0 N–H and O–H groups in total. The molecule has 2 aliphatic rings. The Morgan fingerprint density at radius 2 is 1.48 bits per heavy atom. The largest absolute Gasteiger partial charge is 0.416 e. The van der Waals surface area contributed by atoms with Gasteiger partial charge < -0.3 is 0 Å². The van der Waals surface area contributed by atoms with Crippen LogP contribution in [0.15, 0.2) is 24.3 Å². The van der Waals surface area contributed by atoms with Crippen LogP contribution in [-0.2, 0) is 6.18 Å². The fraction of sp³-hybridized carbons (Fsp3) is 0.727. The maximum atomic E-state index is 12.9. The summed E-state index contributed by atoms with van der Waals surface area (Å²) >= 11 is 0. The molecule has 0 radical (unpaired) electrons. The molecule has 1 aromatic rings. The summed E-state index contributed by atoms with van der Waals surface area (Å²) in [5.74, 6) is 2.94. The second kappa shape index (κ2) is 8.14. The summed E-state index contributed by atoms with van der Waals surface area (Å²) in [6, 6.07) is 6.01. The highest BCUT2D eigenvalue weighted by molar-refractivity contribution is 5.28. The highest BCUT2D eigenvalue weighted by atomic mass is 19.4. The molecule has 0 aromatic heterocycles. The number of rotatable bonds is 4. The Morgan fingerprint density at radius 1 is 0.880 bits per heavy atom. The van der Waals surface area contributed by atoms with Gasteiger partial charge in [0, 0.05) is 0 Å². The SMILES string of the molecule is CCCC1CCC(C2CCC(c3cccc(C(F)(F)F)c3)CC2)CC1. The van der Waals surface area contributed by atoms with Crippen molar-refractivity contribution >= 4 is 0 Å². The average Bonchev–Trinajstić information content (AvgIpc) is 2.62. The molecular weight excluding hydrogens is 321 g/mol. The van der Waals surface area contributed by atoms with Gasteiger partial charge in [-0.15, -0.1) is 0 Å². The summed E-state index contributed by atoms with van der Waals surface area (Å²) in [7, 11) is 0. The van der Waals surface area contributed by atoms with E-state index in [1.54, 1.807) is 6.07 Å².